The number of nitrogens with zero attached hydrogens (tertiary/aromatic N) is 3. The summed E-state index contributed by atoms with van der Waals surface area (Å²) in [6.07, 6.45) is 3.07. The van der Waals surface area contributed by atoms with Gasteiger partial charge in [-0.05, 0) is 48.4 Å². The Labute approximate surface area is 136 Å². The summed E-state index contributed by atoms with van der Waals surface area (Å²) in [5, 5.41) is 9.03. The van der Waals surface area contributed by atoms with E-state index >= 15 is 0 Å². The van der Waals surface area contributed by atoms with Gasteiger partial charge in [-0.15, -0.1) is 16.4 Å². The normalized spacial score (nSPS) is 17.4. The quantitative estimate of drug-likeness (QED) is 0.725. The van der Waals surface area contributed by atoms with Crippen LogP contribution in [-0.2, 0) is 19.4 Å². The summed E-state index contributed by atoms with van der Waals surface area (Å²) in [6, 6.07) is 6.11. The molecular weight excluding hydrogens is 313 g/mol. The van der Waals surface area contributed by atoms with Gasteiger partial charge in [0.15, 0.2) is 4.83 Å². The van der Waals surface area contributed by atoms with E-state index < -0.39 is 0 Å². The highest BCUT2D eigenvalue weighted by Gasteiger charge is 2.23. The molecule has 0 aliphatic heterocycles. The summed E-state index contributed by atoms with van der Waals surface area (Å²) < 4.78 is 14.4. The van der Waals surface area contributed by atoms with Gasteiger partial charge in [0.1, 0.15) is 5.82 Å². The molecule has 3 aromatic rings. The second-order valence-electron chi connectivity index (χ2n) is 6.21. The molecular formula is C17H16FN3OS. The van der Waals surface area contributed by atoms with Gasteiger partial charge in [-0.3, -0.25) is 4.79 Å². The van der Waals surface area contributed by atoms with Crippen LogP contribution in [0, 0.1) is 11.7 Å². The maximum Gasteiger partial charge on any atom is 0.279 e. The molecule has 2 heterocycles. The molecule has 0 spiro atoms. The van der Waals surface area contributed by atoms with Crippen molar-refractivity contribution in [2.75, 3.05) is 0 Å². The molecule has 2 aromatic heterocycles. The number of rotatable bonds is 2. The number of hydrogen-bond acceptors (Lipinski definition) is 4. The zero-order valence-electron chi connectivity index (χ0n) is 12.8. The average Bonchev–Trinajstić information content (AvgIpc) is 2.90. The van der Waals surface area contributed by atoms with E-state index in [1.165, 1.54) is 21.7 Å². The number of fused-ring (bicyclic) bond motifs is 3. The highest BCUT2D eigenvalue weighted by molar-refractivity contribution is 7.18. The first-order valence-corrected chi connectivity index (χ1v) is 8.56. The first-order valence-electron chi connectivity index (χ1n) is 7.74. The summed E-state index contributed by atoms with van der Waals surface area (Å²) in [6.45, 7) is 2.55. The van der Waals surface area contributed by atoms with Crippen LogP contribution in [0.3, 0.4) is 0 Å². The average molecular weight is 329 g/mol. The predicted octanol–water partition coefficient (Wildman–Crippen LogP) is 3.17. The SMILES string of the molecule is C[C@H]1CCc2c(sc3nnn(Cc4ccc(F)cc4)c(=O)c23)C1. The molecule has 0 unspecified atom stereocenters. The maximum absolute atomic E-state index is 13.0. The van der Waals surface area contributed by atoms with Crippen molar-refractivity contribution in [1.29, 1.82) is 0 Å². The minimum absolute atomic E-state index is 0.0913. The fourth-order valence-corrected chi connectivity index (χ4v) is 4.48. The second-order valence-corrected chi connectivity index (χ2v) is 7.29. The summed E-state index contributed by atoms with van der Waals surface area (Å²) in [5.41, 5.74) is 1.90. The lowest BCUT2D eigenvalue weighted by Gasteiger charge is -2.17. The molecule has 4 rings (SSSR count). The van der Waals surface area contributed by atoms with Crippen molar-refractivity contribution < 1.29 is 4.39 Å². The maximum atomic E-state index is 13.0. The summed E-state index contributed by atoms with van der Waals surface area (Å²) in [5.74, 6) is 0.369. The van der Waals surface area contributed by atoms with E-state index in [9.17, 15) is 9.18 Å². The van der Waals surface area contributed by atoms with Crippen LogP contribution in [0.2, 0.25) is 0 Å². The predicted molar refractivity (Wildman–Crippen MR) is 88.4 cm³/mol. The minimum Gasteiger partial charge on any atom is -0.267 e. The molecule has 0 amide bonds. The van der Waals surface area contributed by atoms with E-state index in [1.807, 2.05) is 0 Å². The van der Waals surface area contributed by atoms with Crippen LogP contribution >= 0.6 is 11.3 Å². The van der Waals surface area contributed by atoms with Crippen molar-refractivity contribution in [1.82, 2.24) is 15.0 Å². The van der Waals surface area contributed by atoms with Gasteiger partial charge < -0.3 is 0 Å². The smallest absolute Gasteiger partial charge is 0.267 e. The molecule has 1 aliphatic carbocycles. The van der Waals surface area contributed by atoms with Gasteiger partial charge in [0.05, 0.1) is 11.9 Å². The molecule has 0 saturated heterocycles. The summed E-state index contributed by atoms with van der Waals surface area (Å²) in [4.78, 5) is 14.8. The van der Waals surface area contributed by atoms with E-state index in [-0.39, 0.29) is 11.4 Å². The van der Waals surface area contributed by atoms with Gasteiger partial charge in [-0.25, -0.2) is 9.07 Å². The first-order chi connectivity index (χ1) is 11.1. The number of aryl methyl sites for hydroxylation is 1. The van der Waals surface area contributed by atoms with Crippen molar-refractivity contribution in [2.45, 2.75) is 32.7 Å². The van der Waals surface area contributed by atoms with Crippen molar-refractivity contribution in [3.05, 3.63) is 56.4 Å². The third-order valence-electron chi connectivity index (χ3n) is 4.43. The Morgan fingerprint density at radius 3 is 2.91 bits per heavy atom. The van der Waals surface area contributed by atoms with Crippen molar-refractivity contribution >= 4 is 21.6 Å². The number of aromatic nitrogens is 3. The molecule has 23 heavy (non-hydrogen) atoms. The van der Waals surface area contributed by atoms with Gasteiger partial charge in [0.2, 0.25) is 0 Å². The Bertz CT molecular complexity index is 929. The Hall–Kier alpha value is -2.08. The summed E-state index contributed by atoms with van der Waals surface area (Å²) >= 11 is 1.60. The number of benzene rings is 1. The third-order valence-corrected chi connectivity index (χ3v) is 5.57. The molecule has 1 atom stereocenters. The number of halogens is 1. The monoisotopic (exact) mass is 329 g/mol. The molecule has 0 radical (unpaired) electrons. The van der Waals surface area contributed by atoms with Gasteiger partial charge >= 0.3 is 0 Å². The van der Waals surface area contributed by atoms with Gasteiger partial charge in [-0.2, -0.15) is 0 Å². The Morgan fingerprint density at radius 1 is 1.35 bits per heavy atom. The fourth-order valence-electron chi connectivity index (χ4n) is 3.16. The Morgan fingerprint density at radius 2 is 2.13 bits per heavy atom. The summed E-state index contributed by atoms with van der Waals surface area (Å²) in [7, 11) is 0. The van der Waals surface area contributed by atoms with E-state index in [2.05, 4.69) is 17.2 Å². The molecule has 1 aliphatic rings. The van der Waals surface area contributed by atoms with Crippen molar-refractivity contribution in [3.8, 4) is 0 Å². The van der Waals surface area contributed by atoms with E-state index in [0.717, 1.165) is 40.6 Å². The van der Waals surface area contributed by atoms with E-state index in [4.69, 9.17) is 0 Å². The standard InChI is InChI=1S/C17H16FN3OS/c1-10-2-7-13-14(8-10)23-16-15(13)17(22)21(20-19-16)9-11-3-5-12(18)6-4-11/h3-6,10H,2,7-9H2,1H3/t10-/m0/s1. The van der Waals surface area contributed by atoms with Crippen LogP contribution in [0.4, 0.5) is 4.39 Å². The highest BCUT2D eigenvalue weighted by Crippen LogP contribution is 2.35. The van der Waals surface area contributed by atoms with Crippen molar-refractivity contribution in [2.24, 2.45) is 5.92 Å². The van der Waals surface area contributed by atoms with E-state index in [0.29, 0.717) is 12.5 Å². The van der Waals surface area contributed by atoms with E-state index in [1.54, 1.807) is 23.5 Å². The lowest BCUT2D eigenvalue weighted by Crippen LogP contribution is -2.25. The molecule has 0 saturated carbocycles. The molecule has 118 valence electrons. The fraction of sp³-hybridized carbons (Fsp3) is 0.353. The van der Waals surface area contributed by atoms with Crippen LogP contribution in [-0.4, -0.2) is 15.0 Å². The third kappa shape index (κ3) is 2.57. The molecule has 0 N–H and O–H groups in total. The zero-order chi connectivity index (χ0) is 16.0. The number of thiophene rings is 1. The number of hydrogen-bond donors (Lipinski definition) is 0. The molecule has 1 aromatic carbocycles. The Kier molecular flexibility index (Phi) is 3.49. The van der Waals surface area contributed by atoms with Gasteiger partial charge in [-0.1, -0.05) is 24.3 Å². The molecule has 6 heteroatoms. The van der Waals surface area contributed by atoms with Gasteiger partial charge in [0.25, 0.3) is 5.56 Å². The van der Waals surface area contributed by atoms with Crippen LogP contribution in [0.5, 0.6) is 0 Å². The van der Waals surface area contributed by atoms with Crippen LogP contribution in [0.25, 0.3) is 10.2 Å². The van der Waals surface area contributed by atoms with Crippen LogP contribution < -0.4 is 5.56 Å². The zero-order valence-corrected chi connectivity index (χ0v) is 13.6. The van der Waals surface area contributed by atoms with Gasteiger partial charge in [0, 0.05) is 4.88 Å². The topological polar surface area (TPSA) is 47.8 Å². The first kappa shape index (κ1) is 14.5. The second kappa shape index (κ2) is 5.53. The molecule has 4 nitrogen and oxygen atoms in total. The highest BCUT2D eigenvalue weighted by atomic mass is 32.1. The van der Waals surface area contributed by atoms with Crippen LogP contribution in [0.1, 0.15) is 29.3 Å². The Balaban J connectivity index is 1.78. The molecule has 0 fully saturated rings. The molecule has 0 bridgehead atoms. The van der Waals surface area contributed by atoms with Crippen molar-refractivity contribution in [3.63, 3.8) is 0 Å². The lowest BCUT2D eigenvalue weighted by atomic mass is 9.89. The van der Waals surface area contributed by atoms with Crippen LogP contribution in [0.15, 0.2) is 29.1 Å². The largest absolute Gasteiger partial charge is 0.279 e. The minimum atomic E-state index is -0.288. The lowest BCUT2D eigenvalue weighted by molar-refractivity contribution is 0.508.